The van der Waals surface area contributed by atoms with Crippen molar-refractivity contribution < 1.29 is 23.8 Å². The number of hydrogen-bond acceptors (Lipinski definition) is 9. The van der Waals surface area contributed by atoms with E-state index in [0.717, 1.165) is 28.8 Å². The Hall–Kier alpha value is -4.80. The second kappa shape index (κ2) is 12.8. The first-order valence-corrected chi connectivity index (χ1v) is 14.7. The number of ether oxygens (including phenoxy) is 3. The molecule has 0 radical (unpaired) electrons. The van der Waals surface area contributed by atoms with E-state index in [1.807, 2.05) is 61.3 Å². The van der Waals surface area contributed by atoms with Gasteiger partial charge in [-0.3, -0.25) is 4.57 Å². The Morgan fingerprint density at radius 3 is 2.27 bits per heavy atom. The first kappa shape index (κ1) is 29.3. The average Bonchev–Trinajstić information content (AvgIpc) is 3.42. The lowest BCUT2D eigenvalue weighted by Gasteiger charge is -2.30. The lowest BCUT2D eigenvalue weighted by Crippen LogP contribution is -2.39. The zero-order chi connectivity index (χ0) is 30.6. The van der Waals surface area contributed by atoms with Crippen molar-refractivity contribution in [3.05, 3.63) is 129 Å². The summed E-state index contributed by atoms with van der Waals surface area (Å²) in [5.74, 6) is -0.524. The maximum Gasteiger partial charge on any atom is 0.351 e. The maximum atomic E-state index is 13.2. The molecule has 3 heterocycles. The van der Waals surface area contributed by atoms with E-state index >= 15 is 0 Å². The standard InChI is InChI=1S/C34H34N4O6/c1-22-8-12-25(13-9-22)32(39)42-21-29-28(44-33(40)26-14-10-23(2)11-15-26)18-30(43-29)38-20-27-16-17-37(36-31(27)35-34(38)41)19-24-6-4-3-5-7-24/h3-15,20,28-30H,16-19,21H2,1-2H3,(H,35,36,41)/t28-,29+,30+/m0/s1. The normalized spacial score (nSPS) is 19.5. The molecule has 2 aliphatic rings. The Morgan fingerprint density at radius 1 is 0.932 bits per heavy atom. The number of benzene rings is 3. The molecule has 1 N–H and O–H groups in total. The van der Waals surface area contributed by atoms with Crippen LogP contribution in [0.25, 0.3) is 0 Å². The van der Waals surface area contributed by atoms with Crippen molar-refractivity contribution in [2.24, 2.45) is 0 Å². The van der Waals surface area contributed by atoms with Gasteiger partial charge in [0.2, 0.25) is 0 Å². The third kappa shape index (κ3) is 6.72. The Kier molecular flexibility index (Phi) is 8.53. The van der Waals surface area contributed by atoms with Crippen molar-refractivity contribution in [2.45, 2.75) is 51.7 Å². The fraction of sp³-hybridized carbons (Fsp3) is 0.294. The van der Waals surface area contributed by atoms with Gasteiger partial charge in [0.1, 0.15) is 25.0 Å². The Labute approximate surface area is 255 Å². The number of carbonyl (C=O) groups excluding carboxylic acids is 2. The van der Waals surface area contributed by atoms with Gasteiger partial charge in [-0.05, 0) is 50.1 Å². The van der Waals surface area contributed by atoms with E-state index in [4.69, 9.17) is 14.2 Å². The number of hydrazine groups is 1. The van der Waals surface area contributed by atoms with Crippen LogP contribution in [0.1, 0.15) is 55.6 Å². The van der Waals surface area contributed by atoms with Gasteiger partial charge in [0.15, 0.2) is 5.82 Å². The number of esters is 2. The second-order valence-electron chi connectivity index (χ2n) is 11.2. The second-order valence-corrected chi connectivity index (χ2v) is 11.2. The summed E-state index contributed by atoms with van der Waals surface area (Å²) in [4.78, 5) is 43.3. The summed E-state index contributed by atoms with van der Waals surface area (Å²) < 4.78 is 19.1. The van der Waals surface area contributed by atoms with Crippen molar-refractivity contribution in [3.63, 3.8) is 0 Å². The zero-order valence-corrected chi connectivity index (χ0v) is 24.6. The van der Waals surface area contributed by atoms with Crippen molar-refractivity contribution in [1.82, 2.24) is 14.6 Å². The molecule has 6 rings (SSSR count). The first-order chi connectivity index (χ1) is 21.3. The Morgan fingerprint density at radius 2 is 1.59 bits per heavy atom. The van der Waals surface area contributed by atoms with E-state index in [-0.39, 0.29) is 13.0 Å². The highest BCUT2D eigenvalue weighted by atomic mass is 16.6. The summed E-state index contributed by atoms with van der Waals surface area (Å²) in [5, 5.41) is 2.03. The molecular formula is C34H34N4O6. The van der Waals surface area contributed by atoms with Gasteiger partial charge in [0, 0.05) is 31.3 Å². The highest BCUT2D eigenvalue weighted by Gasteiger charge is 2.41. The molecule has 0 spiro atoms. The summed E-state index contributed by atoms with van der Waals surface area (Å²) >= 11 is 0. The van der Waals surface area contributed by atoms with E-state index in [1.165, 1.54) is 4.57 Å². The minimum atomic E-state index is -0.786. The number of nitrogens with zero attached hydrogens (tertiary/aromatic N) is 3. The largest absolute Gasteiger partial charge is 0.459 e. The van der Waals surface area contributed by atoms with E-state index in [1.54, 1.807) is 30.5 Å². The summed E-state index contributed by atoms with van der Waals surface area (Å²) in [5.41, 5.74) is 7.63. The molecular weight excluding hydrogens is 560 g/mol. The molecule has 1 fully saturated rings. The molecule has 4 aromatic rings. The van der Waals surface area contributed by atoms with E-state index in [9.17, 15) is 14.4 Å². The van der Waals surface area contributed by atoms with Crippen LogP contribution < -0.4 is 11.1 Å². The van der Waals surface area contributed by atoms with Gasteiger partial charge in [-0.1, -0.05) is 65.7 Å². The molecule has 3 aromatic carbocycles. The molecule has 1 aromatic heterocycles. The molecule has 44 heavy (non-hydrogen) atoms. The van der Waals surface area contributed by atoms with E-state index in [0.29, 0.717) is 29.9 Å². The Bertz CT molecular complexity index is 1690. The van der Waals surface area contributed by atoms with Crippen LogP contribution in [0.5, 0.6) is 0 Å². The third-order valence-electron chi connectivity index (χ3n) is 7.86. The van der Waals surface area contributed by atoms with Crippen LogP contribution in [0, 0.1) is 13.8 Å². The van der Waals surface area contributed by atoms with Crippen LogP contribution in [0.4, 0.5) is 5.82 Å². The minimum Gasteiger partial charge on any atom is -0.459 e. The highest BCUT2D eigenvalue weighted by Crippen LogP contribution is 2.32. The molecule has 2 aliphatic heterocycles. The van der Waals surface area contributed by atoms with Gasteiger partial charge >= 0.3 is 17.6 Å². The van der Waals surface area contributed by atoms with Gasteiger partial charge in [-0.2, -0.15) is 4.98 Å². The molecule has 226 valence electrons. The smallest absolute Gasteiger partial charge is 0.351 e. The molecule has 0 bridgehead atoms. The summed E-state index contributed by atoms with van der Waals surface area (Å²) in [6, 6.07) is 24.2. The fourth-order valence-corrected chi connectivity index (χ4v) is 5.35. The molecule has 0 saturated carbocycles. The van der Waals surface area contributed by atoms with Gasteiger partial charge in [-0.15, -0.1) is 0 Å². The van der Waals surface area contributed by atoms with E-state index in [2.05, 4.69) is 22.5 Å². The maximum absolute atomic E-state index is 13.2. The van der Waals surface area contributed by atoms with Crippen LogP contribution in [-0.4, -0.2) is 51.9 Å². The first-order valence-electron chi connectivity index (χ1n) is 14.7. The SMILES string of the molecule is Cc1ccc(C(=O)OC[C@H]2O[C@@H](n3cc4c(nc3=O)NN(Cc3ccccc3)CC4)C[C@@H]2OC(=O)c2ccc(C)cc2)cc1. The number of anilines is 1. The number of aromatic nitrogens is 2. The van der Waals surface area contributed by atoms with Crippen molar-refractivity contribution in [2.75, 3.05) is 18.6 Å². The molecule has 1 saturated heterocycles. The number of carbonyl (C=O) groups is 2. The molecule has 10 nitrogen and oxygen atoms in total. The molecule has 0 amide bonds. The lowest BCUT2D eigenvalue weighted by molar-refractivity contribution is -0.0582. The van der Waals surface area contributed by atoms with Crippen molar-refractivity contribution in [1.29, 1.82) is 0 Å². The highest BCUT2D eigenvalue weighted by molar-refractivity contribution is 5.90. The van der Waals surface area contributed by atoms with Gasteiger partial charge in [0.05, 0.1) is 11.1 Å². The van der Waals surface area contributed by atoms with E-state index < -0.39 is 36.1 Å². The molecule has 0 aliphatic carbocycles. The number of rotatable bonds is 8. The number of nitrogens with one attached hydrogen (secondary N) is 1. The zero-order valence-electron chi connectivity index (χ0n) is 24.6. The van der Waals surface area contributed by atoms with Crippen LogP contribution in [0.15, 0.2) is 89.9 Å². The third-order valence-corrected chi connectivity index (χ3v) is 7.86. The summed E-state index contributed by atoms with van der Waals surface area (Å²) in [7, 11) is 0. The summed E-state index contributed by atoms with van der Waals surface area (Å²) in [6.07, 6.45) is 0.313. The summed E-state index contributed by atoms with van der Waals surface area (Å²) in [6.45, 7) is 5.11. The predicted octanol–water partition coefficient (Wildman–Crippen LogP) is 4.62. The molecule has 3 atom stereocenters. The average molecular weight is 595 g/mol. The van der Waals surface area contributed by atoms with Crippen molar-refractivity contribution >= 4 is 17.8 Å². The molecule has 0 unspecified atom stereocenters. The van der Waals surface area contributed by atoms with Gasteiger partial charge in [-0.25, -0.2) is 19.4 Å². The van der Waals surface area contributed by atoms with Crippen molar-refractivity contribution in [3.8, 4) is 0 Å². The monoisotopic (exact) mass is 594 g/mol. The molecule has 10 heteroatoms. The lowest BCUT2D eigenvalue weighted by atomic mass is 10.1. The topological polar surface area (TPSA) is 112 Å². The number of hydrogen-bond donors (Lipinski definition) is 1. The number of aryl methyl sites for hydroxylation is 2. The quantitative estimate of drug-likeness (QED) is 0.292. The van der Waals surface area contributed by atoms with Crippen LogP contribution in [0.3, 0.4) is 0 Å². The fourth-order valence-electron chi connectivity index (χ4n) is 5.35. The minimum absolute atomic E-state index is 0.155. The predicted molar refractivity (Wildman–Crippen MR) is 163 cm³/mol. The van der Waals surface area contributed by atoms with Gasteiger partial charge in [0.25, 0.3) is 0 Å². The van der Waals surface area contributed by atoms with Crippen LogP contribution in [0.2, 0.25) is 0 Å². The Balaban J connectivity index is 1.18. The van der Waals surface area contributed by atoms with Crippen LogP contribution >= 0.6 is 0 Å². The van der Waals surface area contributed by atoms with Crippen LogP contribution in [-0.2, 0) is 27.2 Å². The number of fused-ring (bicyclic) bond motifs is 1. The van der Waals surface area contributed by atoms with Gasteiger partial charge < -0.3 is 19.6 Å².